The maximum absolute atomic E-state index is 5.86. The highest BCUT2D eigenvalue weighted by Crippen LogP contribution is 2.16. The summed E-state index contributed by atoms with van der Waals surface area (Å²) >= 11 is 5.86. The highest BCUT2D eigenvalue weighted by atomic mass is 35.5. The van der Waals surface area contributed by atoms with Gasteiger partial charge in [0.2, 0.25) is 0 Å². The molecule has 2 rings (SSSR count). The van der Waals surface area contributed by atoms with Crippen molar-refractivity contribution < 1.29 is 0 Å². The number of nitrogens with one attached hydrogen (secondary N) is 1. The highest BCUT2D eigenvalue weighted by Gasteiger charge is 1.99. The van der Waals surface area contributed by atoms with E-state index in [1.807, 2.05) is 24.3 Å². The molecule has 1 N–H and O–H groups in total. The van der Waals surface area contributed by atoms with Crippen molar-refractivity contribution in [3.8, 4) is 12.3 Å². The van der Waals surface area contributed by atoms with E-state index in [-0.39, 0.29) is 0 Å². The van der Waals surface area contributed by atoms with Crippen molar-refractivity contribution in [1.29, 1.82) is 0 Å². The largest absolute Gasteiger partial charge is 0.384 e. The van der Waals surface area contributed by atoms with E-state index in [9.17, 15) is 0 Å². The lowest BCUT2D eigenvalue weighted by molar-refractivity contribution is 1.01. The molecule has 2 heteroatoms. The maximum atomic E-state index is 5.86. The summed E-state index contributed by atoms with van der Waals surface area (Å²) in [5.74, 6) is 2.68. The molecule has 0 heterocycles. The van der Waals surface area contributed by atoms with Gasteiger partial charge in [-0.05, 0) is 35.7 Å². The van der Waals surface area contributed by atoms with Crippen LogP contribution < -0.4 is 5.32 Å². The average molecular weight is 270 g/mol. The van der Waals surface area contributed by atoms with Crippen molar-refractivity contribution in [3.05, 3.63) is 64.7 Å². The van der Waals surface area contributed by atoms with Crippen LogP contribution in [-0.2, 0) is 12.8 Å². The monoisotopic (exact) mass is 269 g/mol. The van der Waals surface area contributed by atoms with Crippen molar-refractivity contribution in [2.75, 3.05) is 11.9 Å². The first kappa shape index (κ1) is 13.5. The average Bonchev–Trinajstić information content (AvgIpc) is 2.43. The molecular weight excluding hydrogens is 254 g/mol. The lowest BCUT2D eigenvalue weighted by Gasteiger charge is -2.10. The summed E-state index contributed by atoms with van der Waals surface area (Å²) in [6, 6.07) is 16.1. The summed E-state index contributed by atoms with van der Waals surface area (Å²) in [4.78, 5) is 0. The van der Waals surface area contributed by atoms with Gasteiger partial charge in [-0.1, -0.05) is 41.9 Å². The third-order valence-electron chi connectivity index (χ3n) is 2.95. The van der Waals surface area contributed by atoms with E-state index in [0.29, 0.717) is 6.42 Å². The molecule has 2 aromatic rings. The summed E-state index contributed by atoms with van der Waals surface area (Å²) in [6.07, 6.45) is 6.99. The van der Waals surface area contributed by atoms with Gasteiger partial charge in [-0.2, -0.15) is 0 Å². The number of benzene rings is 2. The second-order valence-corrected chi connectivity index (χ2v) is 4.78. The smallest absolute Gasteiger partial charge is 0.0406 e. The first-order valence-corrected chi connectivity index (χ1v) is 6.67. The first-order chi connectivity index (χ1) is 9.29. The number of hydrogen-bond donors (Lipinski definition) is 1. The molecule has 1 nitrogen and oxygen atoms in total. The van der Waals surface area contributed by atoms with Crippen LogP contribution in [0.4, 0.5) is 5.69 Å². The van der Waals surface area contributed by atoms with Crippen molar-refractivity contribution in [3.63, 3.8) is 0 Å². The minimum absolute atomic E-state index is 0.657. The molecule has 2 aromatic carbocycles. The molecule has 0 aliphatic heterocycles. The Morgan fingerprint density at radius 1 is 1.05 bits per heavy atom. The molecule has 0 radical (unpaired) electrons. The normalized spacial score (nSPS) is 9.89. The highest BCUT2D eigenvalue weighted by molar-refractivity contribution is 6.30. The van der Waals surface area contributed by atoms with Crippen LogP contribution in [0.25, 0.3) is 0 Å². The summed E-state index contributed by atoms with van der Waals surface area (Å²) in [5.41, 5.74) is 3.56. The van der Waals surface area contributed by atoms with Gasteiger partial charge in [0, 0.05) is 23.7 Å². The molecule has 0 bridgehead atoms. The lowest BCUT2D eigenvalue weighted by Crippen LogP contribution is -2.06. The third kappa shape index (κ3) is 4.05. The summed E-state index contributed by atoms with van der Waals surface area (Å²) in [5, 5.41) is 4.21. The number of terminal acetylenes is 1. The molecule has 0 spiro atoms. The molecule has 0 saturated heterocycles. The van der Waals surface area contributed by atoms with Crippen molar-refractivity contribution in [2.45, 2.75) is 12.8 Å². The summed E-state index contributed by atoms with van der Waals surface area (Å²) < 4.78 is 0. The van der Waals surface area contributed by atoms with Gasteiger partial charge in [-0.25, -0.2) is 0 Å². The molecule has 0 unspecified atom stereocenters. The van der Waals surface area contributed by atoms with Crippen LogP contribution in [0.5, 0.6) is 0 Å². The Labute approximate surface area is 119 Å². The van der Waals surface area contributed by atoms with Crippen LogP contribution >= 0.6 is 11.6 Å². The third-order valence-corrected chi connectivity index (χ3v) is 3.20. The molecule has 0 aliphatic carbocycles. The molecule has 19 heavy (non-hydrogen) atoms. The topological polar surface area (TPSA) is 12.0 Å². The van der Waals surface area contributed by atoms with E-state index < -0.39 is 0 Å². The number of halogens is 1. The van der Waals surface area contributed by atoms with Crippen LogP contribution in [-0.4, -0.2) is 6.54 Å². The Morgan fingerprint density at radius 3 is 2.53 bits per heavy atom. The minimum atomic E-state index is 0.657. The second kappa shape index (κ2) is 6.87. The van der Waals surface area contributed by atoms with Gasteiger partial charge in [0.05, 0.1) is 0 Å². The van der Waals surface area contributed by atoms with Gasteiger partial charge in [0.15, 0.2) is 0 Å². The van der Waals surface area contributed by atoms with E-state index in [1.54, 1.807) is 0 Å². The number of anilines is 1. The van der Waals surface area contributed by atoms with Crippen LogP contribution in [0.1, 0.15) is 11.1 Å². The van der Waals surface area contributed by atoms with Crippen LogP contribution in [0, 0.1) is 12.3 Å². The van der Waals surface area contributed by atoms with E-state index in [0.717, 1.165) is 23.7 Å². The van der Waals surface area contributed by atoms with Gasteiger partial charge < -0.3 is 5.32 Å². The second-order valence-electron chi connectivity index (χ2n) is 4.34. The van der Waals surface area contributed by atoms with Gasteiger partial charge >= 0.3 is 0 Å². The van der Waals surface area contributed by atoms with Crippen LogP contribution in [0.3, 0.4) is 0 Å². The fourth-order valence-corrected chi connectivity index (χ4v) is 2.08. The zero-order valence-corrected chi connectivity index (χ0v) is 11.5. The number of para-hydroxylation sites is 1. The summed E-state index contributed by atoms with van der Waals surface area (Å²) in [7, 11) is 0. The van der Waals surface area contributed by atoms with E-state index in [4.69, 9.17) is 18.0 Å². The Morgan fingerprint density at radius 2 is 1.79 bits per heavy atom. The Hall–Kier alpha value is -1.91. The Bertz CT molecular complexity index is 567. The molecule has 0 fully saturated rings. The summed E-state index contributed by atoms with van der Waals surface area (Å²) in [6.45, 7) is 0.878. The molecule has 0 amide bonds. The van der Waals surface area contributed by atoms with Gasteiger partial charge in [-0.15, -0.1) is 12.3 Å². The van der Waals surface area contributed by atoms with E-state index in [2.05, 4.69) is 35.5 Å². The van der Waals surface area contributed by atoms with E-state index >= 15 is 0 Å². The van der Waals surface area contributed by atoms with E-state index in [1.165, 1.54) is 11.1 Å². The quantitative estimate of drug-likeness (QED) is 0.804. The zero-order chi connectivity index (χ0) is 13.5. The van der Waals surface area contributed by atoms with Crippen LogP contribution in [0.15, 0.2) is 48.5 Å². The van der Waals surface area contributed by atoms with Gasteiger partial charge in [0.1, 0.15) is 0 Å². The molecule has 0 aromatic heterocycles. The molecular formula is C17H16ClN. The van der Waals surface area contributed by atoms with Gasteiger partial charge in [0.25, 0.3) is 0 Å². The van der Waals surface area contributed by atoms with Crippen molar-refractivity contribution >= 4 is 17.3 Å². The van der Waals surface area contributed by atoms with Crippen molar-refractivity contribution in [1.82, 2.24) is 0 Å². The Balaban J connectivity index is 1.92. The van der Waals surface area contributed by atoms with Gasteiger partial charge in [-0.3, -0.25) is 0 Å². The number of hydrogen-bond acceptors (Lipinski definition) is 1. The zero-order valence-electron chi connectivity index (χ0n) is 10.7. The van der Waals surface area contributed by atoms with Crippen molar-refractivity contribution in [2.24, 2.45) is 0 Å². The predicted molar refractivity (Wildman–Crippen MR) is 82.6 cm³/mol. The number of rotatable bonds is 5. The lowest BCUT2D eigenvalue weighted by atomic mass is 10.1. The maximum Gasteiger partial charge on any atom is 0.0406 e. The molecule has 0 saturated carbocycles. The SMILES string of the molecule is C#CCc1ccccc1NCCc1ccc(Cl)cc1. The standard InChI is InChI=1S/C17H16ClN/c1-2-5-15-6-3-4-7-17(15)19-13-12-14-8-10-16(18)11-9-14/h1,3-4,6-11,19H,5,12-13H2. The predicted octanol–water partition coefficient (Wildman–Crippen LogP) is 4.17. The molecule has 96 valence electrons. The fraction of sp³-hybridized carbons (Fsp3) is 0.176. The Kier molecular flexibility index (Phi) is 4.89. The minimum Gasteiger partial charge on any atom is -0.384 e. The molecule has 0 aliphatic rings. The first-order valence-electron chi connectivity index (χ1n) is 6.29. The molecule has 0 atom stereocenters. The van der Waals surface area contributed by atoms with Crippen LogP contribution in [0.2, 0.25) is 5.02 Å². The fourth-order valence-electron chi connectivity index (χ4n) is 1.95.